The van der Waals surface area contributed by atoms with Crippen LogP contribution in [0.4, 0.5) is 0 Å². The molecule has 1 aliphatic heterocycles. The molecule has 2 atom stereocenters. The van der Waals surface area contributed by atoms with E-state index < -0.39 is 17.4 Å². The maximum Gasteiger partial charge on any atom is 0.282 e. The Labute approximate surface area is 246 Å². The van der Waals surface area contributed by atoms with Crippen molar-refractivity contribution in [2.45, 2.75) is 77.8 Å². The summed E-state index contributed by atoms with van der Waals surface area (Å²) in [6, 6.07) is 6.85. The van der Waals surface area contributed by atoms with Crippen LogP contribution >= 0.6 is 11.3 Å². The van der Waals surface area contributed by atoms with Crippen LogP contribution in [0.1, 0.15) is 75.5 Å². The van der Waals surface area contributed by atoms with Crippen LogP contribution in [-0.4, -0.2) is 88.0 Å². The van der Waals surface area contributed by atoms with Crippen molar-refractivity contribution in [2.24, 2.45) is 17.3 Å². The third-order valence-corrected chi connectivity index (χ3v) is 9.54. The summed E-state index contributed by atoms with van der Waals surface area (Å²) in [5.41, 5.74) is 0.256. The van der Waals surface area contributed by atoms with E-state index in [1.807, 2.05) is 45.0 Å². The predicted molar refractivity (Wildman–Crippen MR) is 157 cm³/mol. The molecule has 1 aromatic carbocycles. The molecule has 1 aliphatic carbocycles. The lowest BCUT2D eigenvalue weighted by Crippen LogP contribution is -2.58. The molecule has 1 saturated carbocycles. The van der Waals surface area contributed by atoms with Gasteiger partial charge in [-0.25, -0.2) is 10.0 Å². The number of fused-ring (bicyclic) bond motifs is 1. The highest BCUT2D eigenvalue weighted by atomic mass is 32.1. The molecule has 0 bridgehead atoms. The Hall–Kier alpha value is -3.05. The number of hydroxylamine groups is 2. The van der Waals surface area contributed by atoms with Crippen molar-refractivity contribution in [1.29, 1.82) is 0 Å². The number of carbonyl (C=O) groups is 4. The molecule has 0 radical (unpaired) electrons. The number of hydrogen-bond donors (Lipinski definition) is 2. The number of likely N-dealkylation sites (N-methyl/N-ethyl adjacent to an activating group) is 1. The number of likely N-dealkylation sites (tertiary alicyclic amines) is 1. The molecule has 2 aromatic rings. The number of piperidine rings is 1. The summed E-state index contributed by atoms with van der Waals surface area (Å²) in [6.07, 6.45) is 6.44. The number of amides is 4. The van der Waals surface area contributed by atoms with Gasteiger partial charge in [0.1, 0.15) is 6.04 Å². The van der Waals surface area contributed by atoms with Gasteiger partial charge in [0.05, 0.1) is 22.7 Å². The molecule has 4 amide bonds. The highest BCUT2D eigenvalue weighted by molar-refractivity contribution is 7.20. The molecule has 0 spiro atoms. The SMILES string of the molecule is CN(C(=O)[C@@H](NC(=O)[C@H](CC1CCCC1)CN(O)C=O)C(C)(C)C)C1CCN(C(=O)c2nc3ccccc3s2)CC1. The Kier molecular flexibility index (Phi) is 10.0. The van der Waals surface area contributed by atoms with Gasteiger partial charge >= 0.3 is 0 Å². The summed E-state index contributed by atoms with van der Waals surface area (Å²) in [7, 11) is 1.76. The van der Waals surface area contributed by atoms with Crippen LogP contribution in [0, 0.1) is 17.3 Å². The van der Waals surface area contributed by atoms with Crippen molar-refractivity contribution in [3.05, 3.63) is 29.3 Å². The van der Waals surface area contributed by atoms with Gasteiger partial charge in [-0.05, 0) is 42.7 Å². The van der Waals surface area contributed by atoms with Gasteiger partial charge < -0.3 is 15.1 Å². The average molecular weight is 586 g/mol. The van der Waals surface area contributed by atoms with Crippen LogP contribution in [-0.2, 0) is 14.4 Å². The van der Waals surface area contributed by atoms with Crippen molar-refractivity contribution < 1.29 is 24.4 Å². The lowest BCUT2D eigenvalue weighted by Gasteiger charge is -2.40. The zero-order valence-electron chi connectivity index (χ0n) is 24.5. The van der Waals surface area contributed by atoms with Crippen molar-refractivity contribution in [2.75, 3.05) is 26.7 Å². The van der Waals surface area contributed by atoms with E-state index in [0.29, 0.717) is 54.8 Å². The van der Waals surface area contributed by atoms with Crippen LogP contribution in [0.5, 0.6) is 0 Å². The minimum absolute atomic E-state index is 0.0686. The molecule has 11 heteroatoms. The number of carbonyl (C=O) groups excluding carboxylic acids is 4. The smallest absolute Gasteiger partial charge is 0.282 e. The fraction of sp³-hybridized carbons (Fsp3) is 0.633. The highest BCUT2D eigenvalue weighted by Crippen LogP contribution is 2.32. The number of benzene rings is 1. The number of aromatic nitrogens is 1. The Morgan fingerprint density at radius 3 is 2.41 bits per heavy atom. The van der Waals surface area contributed by atoms with Crippen LogP contribution in [0.3, 0.4) is 0 Å². The summed E-state index contributed by atoms with van der Waals surface area (Å²) >= 11 is 1.40. The van der Waals surface area contributed by atoms with E-state index in [1.54, 1.807) is 16.8 Å². The predicted octanol–water partition coefficient (Wildman–Crippen LogP) is 3.93. The van der Waals surface area contributed by atoms with Gasteiger partial charge in [-0.1, -0.05) is 58.6 Å². The fourth-order valence-corrected chi connectivity index (χ4v) is 6.96. The van der Waals surface area contributed by atoms with E-state index in [2.05, 4.69) is 10.3 Å². The Balaban J connectivity index is 1.38. The Morgan fingerprint density at radius 1 is 1.15 bits per heavy atom. The van der Waals surface area contributed by atoms with E-state index in [0.717, 1.165) is 35.9 Å². The molecule has 2 aliphatic rings. The maximum atomic E-state index is 13.8. The van der Waals surface area contributed by atoms with Crippen molar-refractivity contribution in [1.82, 2.24) is 25.2 Å². The fourth-order valence-electron chi connectivity index (χ4n) is 6.03. The van der Waals surface area contributed by atoms with Gasteiger partial charge in [-0.3, -0.25) is 24.4 Å². The summed E-state index contributed by atoms with van der Waals surface area (Å²) in [6.45, 7) is 6.68. The molecule has 2 N–H and O–H groups in total. The van der Waals surface area contributed by atoms with E-state index in [9.17, 15) is 24.4 Å². The van der Waals surface area contributed by atoms with Crippen molar-refractivity contribution in [3.63, 3.8) is 0 Å². The van der Waals surface area contributed by atoms with Crippen LogP contribution in [0.15, 0.2) is 24.3 Å². The Bertz CT molecular complexity index is 1200. The largest absolute Gasteiger partial charge is 0.344 e. The molecule has 1 aromatic heterocycles. The molecular weight excluding hydrogens is 542 g/mol. The first-order valence-corrected chi connectivity index (χ1v) is 15.4. The topological polar surface area (TPSA) is 123 Å². The Morgan fingerprint density at radius 2 is 1.80 bits per heavy atom. The molecule has 4 rings (SSSR count). The number of nitrogens with zero attached hydrogens (tertiary/aromatic N) is 4. The second-order valence-corrected chi connectivity index (χ2v) is 13.6. The maximum absolute atomic E-state index is 13.8. The number of thiazole rings is 1. The first kappa shape index (κ1) is 30.9. The summed E-state index contributed by atoms with van der Waals surface area (Å²) in [4.78, 5) is 59.5. The quantitative estimate of drug-likeness (QED) is 0.247. The molecule has 2 fully saturated rings. The summed E-state index contributed by atoms with van der Waals surface area (Å²) in [5, 5.41) is 13.8. The van der Waals surface area contributed by atoms with Gasteiger partial charge in [-0.2, -0.15) is 0 Å². The second-order valence-electron chi connectivity index (χ2n) is 12.6. The third kappa shape index (κ3) is 7.62. The number of hydrogen-bond acceptors (Lipinski definition) is 7. The summed E-state index contributed by atoms with van der Waals surface area (Å²) in [5.74, 6) is -0.825. The minimum Gasteiger partial charge on any atom is -0.344 e. The normalized spacial score (nSPS) is 18.2. The monoisotopic (exact) mass is 585 g/mol. The van der Waals surface area contributed by atoms with Gasteiger partial charge in [-0.15, -0.1) is 11.3 Å². The molecule has 41 heavy (non-hydrogen) atoms. The van der Waals surface area contributed by atoms with Crippen LogP contribution in [0.2, 0.25) is 0 Å². The molecule has 10 nitrogen and oxygen atoms in total. The van der Waals surface area contributed by atoms with Crippen molar-refractivity contribution in [3.8, 4) is 0 Å². The molecule has 1 saturated heterocycles. The molecular formula is C30H43N5O5S. The first-order valence-electron chi connectivity index (χ1n) is 14.6. The zero-order valence-corrected chi connectivity index (χ0v) is 25.4. The average Bonchev–Trinajstić information content (AvgIpc) is 3.63. The minimum atomic E-state index is -0.781. The molecule has 0 unspecified atom stereocenters. The van der Waals surface area contributed by atoms with Gasteiger partial charge in [0, 0.05) is 26.2 Å². The van der Waals surface area contributed by atoms with Gasteiger partial charge in [0.25, 0.3) is 5.91 Å². The summed E-state index contributed by atoms with van der Waals surface area (Å²) < 4.78 is 0.981. The third-order valence-electron chi connectivity index (χ3n) is 8.52. The number of rotatable bonds is 10. The van der Waals surface area contributed by atoms with Gasteiger partial charge in [0.2, 0.25) is 18.2 Å². The van der Waals surface area contributed by atoms with E-state index in [-0.39, 0.29) is 30.3 Å². The van der Waals surface area contributed by atoms with E-state index in [1.165, 1.54) is 11.3 Å². The van der Waals surface area contributed by atoms with Crippen LogP contribution in [0.25, 0.3) is 10.2 Å². The van der Waals surface area contributed by atoms with Crippen LogP contribution < -0.4 is 5.32 Å². The first-order chi connectivity index (χ1) is 19.5. The van der Waals surface area contributed by atoms with Gasteiger partial charge in [0.15, 0.2) is 5.01 Å². The standard InChI is InChI=1S/C30H43N5O5S/c1-30(2,3)25(32-26(37)21(18-35(40)19-36)17-20-9-5-6-10-20)28(38)33(4)22-13-15-34(16-14-22)29(39)27-31-23-11-7-8-12-24(23)41-27/h7-8,11-12,19-22,25,40H,5-6,9-10,13-18H2,1-4H3,(H,32,37)/t21-,25-/m1/s1. The zero-order chi connectivity index (χ0) is 29.7. The number of nitrogens with one attached hydrogen (secondary N) is 1. The van der Waals surface area contributed by atoms with E-state index >= 15 is 0 Å². The lowest BCUT2D eigenvalue weighted by molar-refractivity contribution is -0.156. The lowest BCUT2D eigenvalue weighted by atomic mass is 9.84. The second kappa shape index (κ2) is 13.3. The number of para-hydroxylation sites is 1. The molecule has 2 heterocycles. The highest BCUT2D eigenvalue weighted by Gasteiger charge is 2.39. The van der Waals surface area contributed by atoms with E-state index in [4.69, 9.17) is 0 Å². The molecule has 224 valence electrons. The van der Waals surface area contributed by atoms with Crippen molar-refractivity contribution >= 4 is 45.7 Å².